The second-order valence-corrected chi connectivity index (χ2v) is 7.91. The third-order valence-electron chi connectivity index (χ3n) is 5.67. The van der Waals surface area contributed by atoms with Gasteiger partial charge in [0, 0.05) is 16.6 Å². The molecule has 0 N–H and O–H groups in total. The molecule has 0 spiro atoms. The molecule has 4 nitrogen and oxygen atoms in total. The smallest absolute Gasteiger partial charge is 0.339 e. The maximum absolute atomic E-state index is 12.5. The van der Waals surface area contributed by atoms with E-state index >= 15 is 0 Å². The Kier molecular flexibility index (Phi) is 3.73. The van der Waals surface area contributed by atoms with Crippen molar-refractivity contribution in [1.29, 1.82) is 0 Å². The zero-order valence-corrected chi connectivity index (χ0v) is 16.2. The lowest BCUT2D eigenvalue weighted by molar-refractivity contribution is 0.289. The Bertz CT molecular complexity index is 1150. The summed E-state index contributed by atoms with van der Waals surface area (Å²) in [6.45, 7) is 5.19. The number of benzene rings is 2. The average molecular weight is 382 g/mol. The number of fused-ring (bicyclic) bond motifs is 5. The van der Waals surface area contributed by atoms with Crippen LogP contribution < -0.4 is 15.3 Å². The standard InChI is InChI=1S/C22H20ClNO3/c1-12-6-7-19(13(2)8-12)24-10-17-20-16(9-18(23)21(17)26-11-24)14-4-3-5-15(14)22(25)27-20/h6-9H,3-5,10-11H2,1-2H3. The number of anilines is 1. The Morgan fingerprint density at radius 2 is 1.89 bits per heavy atom. The molecule has 0 unspecified atom stereocenters. The van der Waals surface area contributed by atoms with Gasteiger partial charge in [-0.25, -0.2) is 4.79 Å². The molecule has 2 aromatic carbocycles. The molecule has 2 aliphatic rings. The van der Waals surface area contributed by atoms with Gasteiger partial charge >= 0.3 is 5.63 Å². The first-order chi connectivity index (χ1) is 13.0. The van der Waals surface area contributed by atoms with Crippen LogP contribution in [-0.2, 0) is 19.4 Å². The summed E-state index contributed by atoms with van der Waals surface area (Å²) in [5, 5.41) is 1.54. The van der Waals surface area contributed by atoms with Gasteiger partial charge in [-0.2, -0.15) is 0 Å². The predicted octanol–water partition coefficient (Wildman–Crippen LogP) is 4.91. The maximum Gasteiger partial charge on any atom is 0.339 e. The van der Waals surface area contributed by atoms with Crippen LogP contribution in [0.3, 0.4) is 0 Å². The third-order valence-corrected chi connectivity index (χ3v) is 5.95. The Labute approximate surface area is 162 Å². The largest absolute Gasteiger partial charge is 0.471 e. The molecule has 0 atom stereocenters. The molecule has 0 radical (unpaired) electrons. The molecule has 5 heteroatoms. The van der Waals surface area contributed by atoms with Gasteiger partial charge in [-0.3, -0.25) is 0 Å². The van der Waals surface area contributed by atoms with Crippen molar-refractivity contribution in [1.82, 2.24) is 0 Å². The van der Waals surface area contributed by atoms with E-state index in [9.17, 15) is 4.79 Å². The van der Waals surface area contributed by atoms with Crippen molar-refractivity contribution in [3.63, 3.8) is 0 Å². The van der Waals surface area contributed by atoms with Gasteiger partial charge in [0.1, 0.15) is 11.3 Å². The maximum atomic E-state index is 12.5. The minimum absolute atomic E-state index is 0.219. The molecule has 0 bridgehead atoms. The van der Waals surface area contributed by atoms with Crippen LogP contribution in [0.1, 0.15) is 34.2 Å². The second kappa shape index (κ2) is 6.03. The summed E-state index contributed by atoms with van der Waals surface area (Å²) >= 11 is 6.55. The molecule has 27 heavy (non-hydrogen) atoms. The van der Waals surface area contributed by atoms with Gasteiger partial charge in [0.2, 0.25) is 0 Å². The van der Waals surface area contributed by atoms with Crippen molar-refractivity contribution in [3.8, 4) is 5.75 Å². The van der Waals surface area contributed by atoms with Crippen molar-refractivity contribution in [3.05, 3.63) is 67.5 Å². The predicted molar refractivity (Wildman–Crippen MR) is 107 cm³/mol. The van der Waals surface area contributed by atoms with Crippen LogP contribution >= 0.6 is 11.6 Å². The fourth-order valence-electron chi connectivity index (χ4n) is 4.42. The Hall–Kier alpha value is -2.46. The van der Waals surface area contributed by atoms with E-state index in [0.717, 1.165) is 47.0 Å². The number of hydrogen-bond donors (Lipinski definition) is 0. The molecule has 0 saturated carbocycles. The number of hydrogen-bond acceptors (Lipinski definition) is 4. The number of aryl methyl sites for hydroxylation is 3. The monoisotopic (exact) mass is 381 g/mol. The van der Waals surface area contributed by atoms with Crippen molar-refractivity contribution < 1.29 is 9.15 Å². The first-order valence-corrected chi connectivity index (χ1v) is 9.65. The fraction of sp³-hybridized carbons (Fsp3) is 0.318. The van der Waals surface area contributed by atoms with Crippen LogP contribution in [0.15, 0.2) is 33.5 Å². The summed E-state index contributed by atoms with van der Waals surface area (Å²) in [5.41, 5.74) is 6.69. The lowest BCUT2D eigenvalue weighted by Crippen LogP contribution is -2.32. The zero-order chi connectivity index (χ0) is 18.7. The van der Waals surface area contributed by atoms with E-state index in [1.165, 1.54) is 11.1 Å². The van der Waals surface area contributed by atoms with Crippen molar-refractivity contribution in [2.45, 2.75) is 39.7 Å². The first-order valence-electron chi connectivity index (χ1n) is 9.28. The summed E-state index contributed by atoms with van der Waals surface area (Å²) in [7, 11) is 0. The molecule has 1 aromatic heterocycles. The Balaban J connectivity index is 1.69. The molecule has 0 saturated heterocycles. The molecule has 0 fully saturated rings. The summed E-state index contributed by atoms with van der Waals surface area (Å²) in [6.07, 6.45) is 2.67. The fourth-order valence-corrected chi connectivity index (χ4v) is 4.70. The van der Waals surface area contributed by atoms with Gasteiger partial charge in [0.05, 0.1) is 17.1 Å². The van der Waals surface area contributed by atoms with Crippen LogP contribution in [0.4, 0.5) is 5.69 Å². The molecule has 0 amide bonds. The molecule has 5 rings (SSSR count). The molecule has 2 heterocycles. The molecule has 1 aliphatic heterocycles. The Morgan fingerprint density at radius 3 is 2.70 bits per heavy atom. The highest BCUT2D eigenvalue weighted by molar-refractivity contribution is 6.33. The highest BCUT2D eigenvalue weighted by Crippen LogP contribution is 2.42. The zero-order valence-electron chi connectivity index (χ0n) is 15.4. The van der Waals surface area contributed by atoms with Crippen LogP contribution in [0, 0.1) is 13.8 Å². The molecular weight excluding hydrogens is 362 g/mol. The molecule has 3 aromatic rings. The SMILES string of the molecule is Cc1ccc(N2COc3c(Cl)cc4c5c(c(=O)oc4c3C2)CCC5)c(C)c1. The molecule has 138 valence electrons. The van der Waals surface area contributed by atoms with E-state index < -0.39 is 0 Å². The molecular formula is C22H20ClNO3. The Morgan fingerprint density at radius 1 is 1.07 bits per heavy atom. The van der Waals surface area contributed by atoms with E-state index in [-0.39, 0.29) is 5.63 Å². The summed E-state index contributed by atoms with van der Waals surface area (Å²) < 4.78 is 11.8. The highest BCUT2D eigenvalue weighted by atomic mass is 35.5. The molecule has 1 aliphatic carbocycles. The topological polar surface area (TPSA) is 42.7 Å². The van der Waals surface area contributed by atoms with Crippen LogP contribution in [0.2, 0.25) is 5.02 Å². The number of rotatable bonds is 1. The second-order valence-electron chi connectivity index (χ2n) is 7.50. The lowest BCUT2D eigenvalue weighted by atomic mass is 10.0. The van der Waals surface area contributed by atoms with Crippen LogP contribution in [-0.4, -0.2) is 6.73 Å². The van der Waals surface area contributed by atoms with Crippen molar-refractivity contribution in [2.75, 3.05) is 11.6 Å². The summed E-state index contributed by atoms with van der Waals surface area (Å²) in [4.78, 5) is 14.6. The first kappa shape index (κ1) is 16.7. The van der Waals surface area contributed by atoms with Gasteiger partial charge in [-0.05, 0) is 56.4 Å². The van der Waals surface area contributed by atoms with Crippen molar-refractivity contribution in [2.24, 2.45) is 0 Å². The van der Waals surface area contributed by atoms with Gasteiger partial charge < -0.3 is 14.1 Å². The minimum atomic E-state index is -0.219. The quantitative estimate of drug-likeness (QED) is 0.562. The van der Waals surface area contributed by atoms with Gasteiger partial charge in [-0.1, -0.05) is 29.3 Å². The van der Waals surface area contributed by atoms with Gasteiger partial charge in [0.25, 0.3) is 0 Å². The number of ether oxygens (including phenoxy) is 1. The van der Waals surface area contributed by atoms with E-state index in [2.05, 4.69) is 36.9 Å². The summed E-state index contributed by atoms with van der Waals surface area (Å²) in [5.74, 6) is 0.631. The normalized spacial score (nSPS) is 15.6. The van der Waals surface area contributed by atoms with Crippen LogP contribution in [0.5, 0.6) is 5.75 Å². The van der Waals surface area contributed by atoms with E-state index in [1.807, 2.05) is 6.07 Å². The van der Waals surface area contributed by atoms with Gasteiger partial charge in [0.15, 0.2) is 6.73 Å². The van der Waals surface area contributed by atoms with E-state index in [1.54, 1.807) is 0 Å². The summed E-state index contributed by atoms with van der Waals surface area (Å²) in [6, 6.07) is 8.27. The van der Waals surface area contributed by atoms with Crippen LogP contribution in [0.25, 0.3) is 11.0 Å². The van der Waals surface area contributed by atoms with E-state index in [4.69, 9.17) is 20.8 Å². The highest BCUT2D eigenvalue weighted by Gasteiger charge is 2.28. The van der Waals surface area contributed by atoms with Gasteiger partial charge in [-0.15, -0.1) is 0 Å². The number of nitrogens with zero attached hydrogens (tertiary/aromatic N) is 1. The minimum Gasteiger partial charge on any atom is -0.471 e. The third kappa shape index (κ3) is 2.54. The van der Waals surface area contributed by atoms with Crippen molar-refractivity contribution >= 4 is 28.3 Å². The number of halogens is 1. The van der Waals surface area contributed by atoms with E-state index in [0.29, 0.717) is 29.6 Å². The average Bonchev–Trinajstić information content (AvgIpc) is 3.14. The lowest BCUT2D eigenvalue weighted by Gasteiger charge is -2.32.